The maximum absolute atomic E-state index is 12.6. The highest BCUT2D eigenvalue weighted by Gasteiger charge is 2.22. The third-order valence-electron chi connectivity index (χ3n) is 4.38. The molecule has 3 rings (SSSR count). The molecule has 0 bridgehead atoms. The Labute approximate surface area is 180 Å². The standard InChI is InChI=1S/C20H18ClN3O5S/c1-4-29-19(27)15-14(11-5-7-12(21)8-6-11)10-30-16(15)22-9-13-17(25)23(2)20(28)24(3)18(13)26/h5-10,25H,4H2,1-3H3. The van der Waals surface area contributed by atoms with Crippen molar-refractivity contribution in [1.29, 1.82) is 0 Å². The van der Waals surface area contributed by atoms with E-state index in [0.717, 1.165) is 20.9 Å². The molecule has 0 saturated heterocycles. The maximum atomic E-state index is 12.6. The van der Waals surface area contributed by atoms with Crippen LogP contribution in [0.5, 0.6) is 5.88 Å². The second-order valence-corrected chi connectivity index (χ2v) is 7.55. The molecule has 8 nitrogen and oxygen atoms in total. The summed E-state index contributed by atoms with van der Waals surface area (Å²) in [5.41, 5.74) is 0.0628. The molecule has 0 atom stereocenters. The Morgan fingerprint density at radius 1 is 1.23 bits per heavy atom. The molecule has 0 aliphatic heterocycles. The van der Waals surface area contributed by atoms with Crippen LogP contribution in [0.4, 0.5) is 5.00 Å². The molecule has 0 aliphatic carbocycles. The van der Waals surface area contributed by atoms with Gasteiger partial charge in [-0.15, -0.1) is 11.3 Å². The predicted octanol–water partition coefficient (Wildman–Crippen LogP) is 3.10. The highest BCUT2D eigenvalue weighted by molar-refractivity contribution is 7.14. The van der Waals surface area contributed by atoms with Crippen LogP contribution in [0.3, 0.4) is 0 Å². The fourth-order valence-corrected chi connectivity index (χ4v) is 3.81. The first-order chi connectivity index (χ1) is 14.3. The maximum Gasteiger partial charge on any atom is 0.341 e. The van der Waals surface area contributed by atoms with Gasteiger partial charge in [-0.1, -0.05) is 23.7 Å². The van der Waals surface area contributed by atoms with Crippen molar-refractivity contribution in [1.82, 2.24) is 9.13 Å². The van der Waals surface area contributed by atoms with Crippen LogP contribution in [0.25, 0.3) is 11.1 Å². The van der Waals surface area contributed by atoms with Gasteiger partial charge in [-0.05, 0) is 24.6 Å². The number of aromatic hydroxyl groups is 1. The molecule has 0 spiro atoms. The minimum Gasteiger partial charge on any atom is -0.494 e. The molecule has 0 unspecified atom stereocenters. The molecule has 10 heteroatoms. The van der Waals surface area contributed by atoms with Crippen LogP contribution >= 0.6 is 22.9 Å². The molecule has 30 heavy (non-hydrogen) atoms. The number of hydrogen-bond acceptors (Lipinski definition) is 7. The highest BCUT2D eigenvalue weighted by Crippen LogP contribution is 2.38. The molecule has 3 aromatic rings. The molecule has 156 valence electrons. The normalized spacial score (nSPS) is 11.2. The molecular weight excluding hydrogens is 430 g/mol. The van der Waals surface area contributed by atoms with Gasteiger partial charge in [0.05, 0.1) is 6.61 Å². The second-order valence-electron chi connectivity index (χ2n) is 6.26. The van der Waals surface area contributed by atoms with Gasteiger partial charge in [0.1, 0.15) is 16.1 Å². The molecule has 1 N–H and O–H groups in total. The Morgan fingerprint density at radius 2 is 1.90 bits per heavy atom. The first kappa shape index (κ1) is 21.5. The van der Waals surface area contributed by atoms with Crippen molar-refractivity contribution in [2.45, 2.75) is 6.92 Å². The van der Waals surface area contributed by atoms with Crippen LogP contribution in [0.15, 0.2) is 44.2 Å². The van der Waals surface area contributed by atoms with Crippen molar-refractivity contribution in [3.05, 3.63) is 66.6 Å². The van der Waals surface area contributed by atoms with E-state index in [2.05, 4.69) is 4.99 Å². The summed E-state index contributed by atoms with van der Waals surface area (Å²) in [5, 5.41) is 12.8. The number of rotatable bonds is 5. The third kappa shape index (κ3) is 3.94. The molecular formula is C20H18ClN3O5S. The van der Waals surface area contributed by atoms with Gasteiger partial charge < -0.3 is 9.84 Å². The van der Waals surface area contributed by atoms with Crippen molar-refractivity contribution in [2.24, 2.45) is 19.1 Å². The van der Waals surface area contributed by atoms with Crippen LogP contribution in [0.1, 0.15) is 22.8 Å². The fourth-order valence-electron chi connectivity index (χ4n) is 2.78. The topological polar surface area (TPSA) is 103 Å². The van der Waals surface area contributed by atoms with Crippen LogP contribution in [0, 0.1) is 0 Å². The number of halogens is 1. The van der Waals surface area contributed by atoms with Crippen LogP contribution in [-0.4, -0.2) is 33.0 Å². The van der Waals surface area contributed by atoms with Gasteiger partial charge in [-0.3, -0.25) is 13.9 Å². The number of benzene rings is 1. The molecule has 2 aromatic heterocycles. The summed E-state index contributed by atoms with van der Waals surface area (Å²) < 4.78 is 6.97. The van der Waals surface area contributed by atoms with Gasteiger partial charge in [0.15, 0.2) is 0 Å². The van der Waals surface area contributed by atoms with Crippen molar-refractivity contribution >= 4 is 40.1 Å². The van der Waals surface area contributed by atoms with Crippen molar-refractivity contribution in [3.63, 3.8) is 0 Å². The van der Waals surface area contributed by atoms with Gasteiger partial charge in [0.25, 0.3) is 5.56 Å². The van der Waals surface area contributed by atoms with E-state index in [9.17, 15) is 19.5 Å². The lowest BCUT2D eigenvalue weighted by atomic mass is 10.0. The number of carbonyl (C=O) groups is 1. The van der Waals surface area contributed by atoms with Crippen molar-refractivity contribution in [3.8, 4) is 17.0 Å². The summed E-state index contributed by atoms with van der Waals surface area (Å²) in [4.78, 5) is 41.1. The third-order valence-corrected chi connectivity index (χ3v) is 5.52. The van der Waals surface area contributed by atoms with E-state index in [1.165, 1.54) is 25.4 Å². The van der Waals surface area contributed by atoms with E-state index in [0.29, 0.717) is 15.6 Å². The summed E-state index contributed by atoms with van der Waals surface area (Å²) >= 11 is 7.13. The summed E-state index contributed by atoms with van der Waals surface area (Å²) in [7, 11) is 2.64. The van der Waals surface area contributed by atoms with E-state index >= 15 is 0 Å². The van der Waals surface area contributed by atoms with E-state index < -0.39 is 23.1 Å². The quantitative estimate of drug-likeness (QED) is 0.478. The van der Waals surface area contributed by atoms with E-state index in [1.807, 2.05) is 0 Å². The smallest absolute Gasteiger partial charge is 0.341 e. The summed E-state index contributed by atoms with van der Waals surface area (Å²) in [6.45, 7) is 1.88. The average molecular weight is 448 g/mol. The lowest BCUT2D eigenvalue weighted by molar-refractivity contribution is 0.0529. The van der Waals surface area contributed by atoms with Crippen LogP contribution < -0.4 is 11.2 Å². The summed E-state index contributed by atoms with van der Waals surface area (Å²) in [6, 6.07) is 6.96. The zero-order chi connectivity index (χ0) is 22.0. The number of esters is 1. The number of aromatic nitrogens is 2. The zero-order valence-electron chi connectivity index (χ0n) is 16.4. The number of hydrogen-bond donors (Lipinski definition) is 1. The van der Waals surface area contributed by atoms with Crippen LogP contribution in [-0.2, 0) is 18.8 Å². The fraction of sp³-hybridized carbons (Fsp3) is 0.200. The van der Waals surface area contributed by atoms with E-state index in [-0.39, 0.29) is 17.7 Å². The molecule has 0 radical (unpaired) electrons. The molecule has 0 saturated carbocycles. The van der Waals surface area contributed by atoms with E-state index in [1.54, 1.807) is 36.6 Å². The number of thiophene rings is 1. The predicted molar refractivity (Wildman–Crippen MR) is 117 cm³/mol. The van der Waals surface area contributed by atoms with Crippen LogP contribution in [0.2, 0.25) is 5.02 Å². The Bertz CT molecular complexity index is 1260. The Hall–Kier alpha value is -3.17. The second kappa shape index (κ2) is 8.68. The van der Waals surface area contributed by atoms with Gasteiger partial charge in [0.2, 0.25) is 5.88 Å². The average Bonchev–Trinajstić information content (AvgIpc) is 3.15. The SMILES string of the molecule is CCOC(=O)c1c(-c2ccc(Cl)cc2)csc1N=Cc1c(O)n(C)c(=O)n(C)c1=O. The van der Waals surface area contributed by atoms with Crippen molar-refractivity contribution < 1.29 is 14.6 Å². The van der Waals surface area contributed by atoms with Crippen molar-refractivity contribution in [2.75, 3.05) is 6.61 Å². The molecule has 0 aliphatic rings. The monoisotopic (exact) mass is 447 g/mol. The Kier molecular flexibility index (Phi) is 6.23. The zero-order valence-corrected chi connectivity index (χ0v) is 18.0. The largest absolute Gasteiger partial charge is 0.494 e. The van der Waals surface area contributed by atoms with Gasteiger partial charge in [-0.2, -0.15) is 0 Å². The lowest BCUT2D eigenvalue weighted by Crippen LogP contribution is -2.38. The Balaban J connectivity index is 2.14. The van der Waals surface area contributed by atoms with Gasteiger partial charge in [0, 0.05) is 36.3 Å². The molecule has 1 aromatic carbocycles. The lowest BCUT2D eigenvalue weighted by Gasteiger charge is -2.07. The first-order valence-electron chi connectivity index (χ1n) is 8.83. The van der Waals surface area contributed by atoms with Gasteiger partial charge in [-0.25, -0.2) is 14.6 Å². The molecule has 0 amide bonds. The number of carbonyl (C=O) groups excluding carboxylic acids is 1. The van der Waals surface area contributed by atoms with Gasteiger partial charge >= 0.3 is 11.7 Å². The number of ether oxygens (including phenoxy) is 1. The number of nitrogens with zero attached hydrogens (tertiary/aromatic N) is 3. The first-order valence-corrected chi connectivity index (χ1v) is 10.1. The number of aliphatic imine (C=N–C) groups is 1. The van der Waals surface area contributed by atoms with E-state index in [4.69, 9.17) is 16.3 Å². The summed E-state index contributed by atoms with van der Waals surface area (Å²) in [6.07, 6.45) is 1.14. The minimum atomic E-state index is -0.702. The summed E-state index contributed by atoms with van der Waals surface area (Å²) in [5.74, 6) is -1.08. The molecule has 2 heterocycles. The Morgan fingerprint density at radius 3 is 2.53 bits per heavy atom. The minimum absolute atomic E-state index is 0.171. The molecule has 0 fully saturated rings. The highest BCUT2D eigenvalue weighted by atomic mass is 35.5.